The Morgan fingerprint density at radius 3 is 0.705 bits per heavy atom. The van der Waals surface area contributed by atoms with E-state index in [-0.39, 0.29) is 92.8 Å². The van der Waals surface area contributed by atoms with E-state index in [1.807, 2.05) is 13.8 Å². The van der Waals surface area contributed by atoms with Crippen molar-refractivity contribution in [1.29, 1.82) is 0 Å². The van der Waals surface area contributed by atoms with Crippen LogP contribution in [0.1, 0.15) is 89.0 Å². The van der Waals surface area contributed by atoms with Crippen LogP contribution >= 0.6 is 963 Å². The first-order chi connectivity index (χ1) is 48.3. The first-order valence-corrected chi connectivity index (χ1v) is 431. The molecule has 0 aromatic rings. The summed E-state index contributed by atoms with van der Waals surface area (Å²) >= 11 is 112. The molecule has 112 heavy (non-hydrogen) atoms. The third-order valence-corrected chi connectivity index (χ3v) is 4880. The van der Waals surface area contributed by atoms with Crippen molar-refractivity contribution in [2.75, 3.05) is 13.1 Å². The second-order valence-electron chi connectivity index (χ2n) is 17.9. The standard InChI is InChI=1S/C11H19NO4.C10H18O5.C6H11NO2.ClH.I34.I33.4H2S/c1-7-5-8(9(13)14)6-12(7)10(15)16-11(2,3)4;1-9(2,3)14-7(11)13-8(12)15-10(4,5)6;1-4-2-5(3-7-4)6(8)9;;1-19(2)21(5)23(7)25(9)27(11)29(13)31(15)33(17)34(18)32(16)30(14)28(12)26(10)24(8)22(6)20(3)4;1-18-20(4)22(6)24(8)26(10)28(12)30(14)32(16)33(17)31(15)29(13)27(11)25(9)23(7)21(5)19(2)3;;;;/h7-8H,5-6H2,1-4H3,(H,13,14);1-6H3;4-5,7H,2-3H2,1H3,(H,8,9);1H;;;4*1H2/q;;;;;-1;;;;/t7-,8?;;4-,5?;;;;;;;/m0.0......./s1. The van der Waals surface area contributed by atoms with Crippen LogP contribution in [-0.2, 0) is 28.5 Å². The van der Waals surface area contributed by atoms with Gasteiger partial charge in [-0.05, 0) is 89.0 Å². The van der Waals surface area contributed by atoms with Crippen LogP contribution in [0.5, 0.6) is 0 Å². The number of ether oxygens (including phenoxy) is 4. The number of carbonyl (C=O) groups is 5. The molecule has 0 bridgehead atoms. The summed E-state index contributed by atoms with van der Waals surface area (Å²) in [5.41, 5.74) is -1.93. The first kappa shape index (κ1) is 175. The summed E-state index contributed by atoms with van der Waals surface area (Å²) < 4.78 is 19.0. The van der Waals surface area contributed by atoms with E-state index in [0.29, 0.717) is 32.3 Å². The number of carbonyl (C=O) groups excluding carboxylic acids is 3. The summed E-state index contributed by atoms with van der Waals surface area (Å²) in [5.74, 6) is -2.15. The topological polar surface area (TPSA) is 178 Å². The predicted molar refractivity (Wildman–Crippen MR) is 1120 cm³/mol. The van der Waals surface area contributed by atoms with Gasteiger partial charge in [0.2, 0.25) is 0 Å². The van der Waals surface area contributed by atoms with Gasteiger partial charge in [-0.15, -0.1) is 12.4 Å². The van der Waals surface area contributed by atoms with Gasteiger partial charge in [0, 0.05) is 25.2 Å². The Balaban J connectivity index is -0.000000213. The molecular formula is C27H57ClI67N2O11S4-. The minimum atomic E-state index is -1.06. The van der Waals surface area contributed by atoms with Gasteiger partial charge in [-0.2, -0.15) is 54.0 Å². The average Bonchev–Trinajstić information content (AvgIpc) is 1.04. The number of rotatable bonds is 32. The summed E-state index contributed by atoms with van der Waals surface area (Å²) in [4.78, 5) is 56.4. The third kappa shape index (κ3) is 81.6. The normalized spacial score (nSPS) is 19.1. The number of amides is 1. The van der Waals surface area contributed by atoms with E-state index >= 15 is 0 Å². The zero-order valence-electron chi connectivity index (χ0n) is 53.4. The molecule has 2 rings (SSSR count). The molecule has 0 saturated carbocycles. The Morgan fingerprint density at radius 2 is 0.554 bits per heavy atom. The molecule has 2 aliphatic heterocycles. The van der Waals surface area contributed by atoms with Gasteiger partial charge in [-0.1, -0.05) is 0 Å². The van der Waals surface area contributed by atoms with Gasteiger partial charge in [0.05, 0.1) is 11.8 Å². The molecule has 3 N–H and O–H groups in total. The van der Waals surface area contributed by atoms with Crippen molar-refractivity contribution in [3.8, 4) is 0 Å². The first-order valence-electron chi connectivity index (χ1n) is 22.5. The number of nitrogens with one attached hydrogen (secondary N) is 1. The molecule has 0 aliphatic carbocycles. The van der Waals surface area contributed by atoms with Gasteiger partial charge in [0.1, 0.15) is 16.8 Å². The van der Waals surface area contributed by atoms with Gasteiger partial charge in [0.25, 0.3) is 0 Å². The van der Waals surface area contributed by atoms with E-state index in [1.165, 1.54) is 4.90 Å². The maximum absolute atomic E-state index is 11.8. The number of aliphatic carboxylic acids is 2. The van der Waals surface area contributed by atoms with E-state index in [9.17, 15) is 24.0 Å². The number of hydrogen-bond donors (Lipinski definition) is 3. The molecule has 0 aromatic heterocycles. The molecule has 2 aliphatic rings. The third-order valence-electron chi connectivity index (χ3n) is 7.61. The fourth-order valence-electron chi connectivity index (χ4n) is 4.37. The predicted octanol–water partition coefficient (Wildman–Crippen LogP) is 61.0. The maximum atomic E-state index is 11.8. The molecule has 742 valence electrons. The Hall–Kier alpha value is 47.5. The van der Waals surface area contributed by atoms with Gasteiger partial charge in [-0.25, -0.2) is 14.4 Å². The molecule has 2 fully saturated rings. The summed E-state index contributed by atoms with van der Waals surface area (Å²) in [7, 11) is -14.7. The SMILES string of the molecule is CC(C)(C)OC(=O)OC(=O)OC(C)(C)C.C[C@H]1CC(C(=O)O)CN1.C[C@H]1CC(C(=O)O)CN1C(=O)OC(C)(C)C.Cl.II(I)I(I)I(I)I(I)I(I)I(I)I(I)I(I)I(I)I(I)I(I)I(I)I(I)I(I)I(I)I(I)I.I[I-]I(I)I(I)I(I)I(I)I(I)I(I)I(I)I(I)I(I)I(I)I(I)I(I)I(I)I(I)I(I)I.S.S.S.S. The average molecular weight is 9250 g/mol. The van der Waals surface area contributed by atoms with Crippen LogP contribution in [-0.4, -0.2) is 87.4 Å². The van der Waals surface area contributed by atoms with Crippen LogP contribution in [0.2, 0.25) is 0 Å². The van der Waals surface area contributed by atoms with Crippen molar-refractivity contribution in [3.63, 3.8) is 0 Å². The van der Waals surface area contributed by atoms with Crippen molar-refractivity contribution in [2.24, 2.45) is 11.8 Å². The molecule has 1 amide bonds. The minimum absolute atomic E-state index is 0. The molecule has 0 radical (unpaired) electrons. The molecule has 2 saturated heterocycles. The summed E-state index contributed by atoms with van der Waals surface area (Å²) in [6, 6.07) is 0.307. The second-order valence-corrected chi connectivity index (χ2v) is 1550. The number of carboxylic acids is 2. The number of halogens is 68. The number of hydrogen-bond acceptors (Lipinski definition) is 10. The van der Waals surface area contributed by atoms with Crippen LogP contribution in [0.4, 0.5) is 14.4 Å². The number of nitrogens with zero attached hydrogens (tertiary/aromatic N) is 1. The Morgan fingerprint density at radius 1 is 0.348 bits per heavy atom. The molecule has 0 spiro atoms. The number of carboxylic acid groups (broad SMARTS) is 2. The Bertz CT molecular complexity index is 2500. The monoisotopic (exact) mass is 9250 g/mol. The molecule has 2 heterocycles. The fourth-order valence-corrected chi connectivity index (χ4v) is 11500. The Kier molecular flexibility index (Phi) is 156. The van der Waals surface area contributed by atoms with Crippen LogP contribution < -0.4 is 18.6 Å². The van der Waals surface area contributed by atoms with E-state index in [2.05, 4.69) is 662 Å². The smallest absolute Gasteiger partial charge is 0.197 e. The minimum Gasteiger partial charge on any atom is -0.197 e. The van der Waals surface area contributed by atoms with E-state index in [0.717, 1.165) is 6.42 Å². The van der Waals surface area contributed by atoms with E-state index in [4.69, 9.17) is 24.4 Å². The summed E-state index contributed by atoms with van der Waals surface area (Å²) in [6.07, 6.45) is -1.28. The van der Waals surface area contributed by atoms with Crippen molar-refractivity contribution in [1.82, 2.24) is 10.2 Å². The van der Waals surface area contributed by atoms with Crippen molar-refractivity contribution >= 4 is 993 Å². The fraction of sp³-hybridized carbons (Fsp3) is 0.815. The van der Waals surface area contributed by atoms with E-state index < -0.39 is 290 Å². The molecule has 2 unspecified atom stereocenters. The quantitative estimate of drug-likeness (QED) is 0.0252. The molecular weight excluding hydrogens is 9190 g/mol. The van der Waals surface area contributed by atoms with Crippen molar-refractivity contribution in [2.45, 2.75) is 118 Å². The van der Waals surface area contributed by atoms with Gasteiger partial charge in [0.15, 0.2) is 0 Å². The maximum Gasteiger partial charge on any atom is -0.197 e. The van der Waals surface area contributed by atoms with Crippen molar-refractivity contribution in [3.05, 3.63) is 0 Å². The van der Waals surface area contributed by atoms with Crippen LogP contribution in [0, 0.1) is 11.8 Å². The largest absolute Gasteiger partial charge is 0.197 e. The van der Waals surface area contributed by atoms with Crippen LogP contribution in [0.3, 0.4) is 0 Å². The summed E-state index contributed by atoms with van der Waals surface area (Å²) in [5, 5.41) is 20.4. The van der Waals surface area contributed by atoms with Gasteiger partial charge < -0.3 is 39.4 Å². The zero-order chi connectivity index (χ0) is 85.2. The number of likely N-dealkylation sites (tertiary alicyclic amines) is 1. The Labute approximate surface area is 1160 Å². The molecule has 85 heteroatoms. The van der Waals surface area contributed by atoms with Crippen molar-refractivity contribution < 1.29 is 66.4 Å². The molecule has 13 nitrogen and oxygen atoms in total. The van der Waals surface area contributed by atoms with Crippen LogP contribution in [0.15, 0.2) is 0 Å². The second kappa shape index (κ2) is 99.8. The zero-order valence-corrected chi connectivity index (χ0v) is 203. The molecule has 4 atom stereocenters. The molecule has 0 aromatic carbocycles. The van der Waals surface area contributed by atoms with E-state index in [1.54, 1.807) is 62.3 Å². The van der Waals surface area contributed by atoms with Gasteiger partial charge in [-0.3, -0.25) is 9.59 Å². The summed E-state index contributed by atoms with van der Waals surface area (Å²) in [6.45, 7) is 20.1. The van der Waals surface area contributed by atoms with Crippen LogP contribution in [0.25, 0.3) is 0 Å². The van der Waals surface area contributed by atoms with Gasteiger partial charge >= 0.3 is 940 Å².